The molecular weight excluding hydrogens is 663 g/mol. The Labute approximate surface area is 290 Å². The van der Waals surface area contributed by atoms with Gasteiger partial charge in [0.25, 0.3) is 0 Å². The Hall–Kier alpha value is -4.58. The molecule has 1 unspecified atom stereocenters. The Morgan fingerprint density at radius 3 is 2.62 bits per heavy atom. The van der Waals surface area contributed by atoms with Crippen LogP contribution in [0, 0.1) is 23.0 Å². The number of carbonyl (C=O) groups is 1. The Kier molecular flexibility index (Phi) is 9.36. The van der Waals surface area contributed by atoms with Gasteiger partial charge in [0.1, 0.15) is 11.6 Å². The number of hydrogen-bond donors (Lipinski definition) is 2. The van der Waals surface area contributed by atoms with Crippen molar-refractivity contribution < 1.29 is 31.8 Å². The van der Waals surface area contributed by atoms with Gasteiger partial charge in [-0.15, -0.1) is 0 Å². The first-order valence-corrected chi connectivity index (χ1v) is 18.6. The van der Waals surface area contributed by atoms with Gasteiger partial charge in [0, 0.05) is 35.8 Å². The summed E-state index contributed by atoms with van der Waals surface area (Å²) >= 11 is 0. The average molecular weight is 705 g/mol. The number of nitrogens with one attached hydrogen (secondary N) is 1. The topological polar surface area (TPSA) is 127 Å². The minimum atomic E-state index is -3.59. The molecule has 2 atom stereocenters. The number of aromatic nitrogens is 4. The standard InChI is InChI=1S/C38H42F2N4O5S/c1-23(35(45)46)18-24-8-6-9-25(19-24)38(4)15-7-14-37(2,3)22-50(47,48)17-13-28-27-12-16-41-32(27)21-31(40)33(28)49-26-10-11-30(39)29(20-26)34-42-36(38)43-44(34)5/h6,8-12,16,19-21,23,41H,7,13-15,17-18,22H2,1-5H3,(H,45,46)/t23-,38?/m0/s1. The van der Waals surface area contributed by atoms with E-state index in [-0.39, 0.29) is 40.8 Å². The van der Waals surface area contributed by atoms with Crippen molar-refractivity contribution in [1.82, 2.24) is 19.7 Å². The summed E-state index contributed by atoms with van der Waals surface area (Å²) in [6.45, 7) is 7.53. The van der Waals surface area contributed by atoms with Crippen LogP contribution in [0.15, 0.2) is 60.8 Å². The molecule has 12 heteroatoms. The number of carboxylic acid groups (broad SMARTS) is 1. The highest BCUT2D eigenvalue weighted by molar-refractivity contribution is 7.91. The van der Waals surface area contributed by atoms with Gasteiger partial charge in [-0.2, -0.15) is 5.10 Å². The molecule has 4 bridgehead atoms. The van der Waals surface area contributed by atoms with Crippen LogP contribution in [0.2, 0.25) is 0 Å². The Morgan fingerprint density at radius 1 is 1.08 bits per heavy atom. The fourth-order valence-corrected chi connectivity index (χ4v) is 9.07. The summed E-state index contributed by atoms with van der Waals surface area (Å²) in [5.41, 5.74) is 1.36. The van der Waals surface area contributed by atoms with E-state index in [1.807, 2.05) is 45.0 Å². The van der Waals surface area contributed by atoms with Crippen LogP contribution in [0.4, 0.5) is 8.78 Å². The lowest BCUT2D eigenvalue weighted by Crippen LogP contribution is -2.29. The molecule has 9 nitrogen and oxygen atoms in total. The predicted octanol–water partition coefficient (Wildman–Crippen LogP) is 7.77. The Balaban J connectivity index is 1.50. The van der Waals surface area contributed by atoms with Gasteiger partial charge in [-0.05, 0) is 73.4 Å². The monoisotopic (exact) mass is 704 g/mol. The highest BCUT2D eigenvalue weighted by Gasteiger charge is 2.36. The van der Waals surface area contributed by atoms with E-state index >= 15 is 8.78 Å². The lowest BCUT2D eigenvalue weighted by atomic mass is 9.75. The van der Waals surface area contributed by atoms with Crippen LogP contribution >= 0.6 is 0 Å². The van der Waals surface area contributed by atoms with Crippen molar-refractivity contribution in [3.05, 3.63) is 94.9 Å². The molecule has 0 aliphatic carbocycles. The van der Waals surface area contributed by atoms with Crippen LogP contribution in [0.5, 0.6) is 11.5 Å². The normalized spacial score (nSPS) is 19.9. The third kappa shape index (κ3) is 7.17. The fourth-order valence-electron chi connectivity index (χ4n) is 7.08. The number of ether oxygens (including phenoxy) is 1. The summed E-state index contributed by atoms with van der Waals surface area (Å²) in [6, 6.07) is 14.8. The van der Waals surface area contributed by atoms with Gasteiger partial charge in [-0.25, -0.2) is 26.9 Å². The smallest absolute Gasteiger partial charge is 0.306 e. The van der Waals surface area contributed by atoms with Gasteiger partial charge in [0.2, 0.25) is 0 Å². The molecule has 3 aromatic carbocycles. The predicted molar refractivity (Wildman–Crippen MR) is 188 cm³/mol. The molecule has 264 valence electrons. The number of hydrogen-bond acceptors (Lipinski definition) is 6. The largest absolute Gasteiger partial charge is 0.481 e. The van der Waals surface area contributed by atoms with Gasteiger partial charge in [0.05, 0.1) is 28.4 Å². The molecule has 0 amide bonds. The van der Waals surface area contributed by atoms with Crippen LogP contribution in [0.1, 0.15) is 69.5 Å². The molecule has 3 heterocycles. The molecule has 2 aromatic heterocycles. The number of rotatable bonds is 4. The fraction of sp³-hybridized carbons (Fsp3) is 0.395. The van der Waals surface area contributed by atoms with Gasteiger partial charge < -0.3 is 14.8 Å². The van der Waals surface area contributed by atoms with E-state index in [9.17, 15) is 18.3 Å². The molecule has 2 N–H and O–H groups in total. The van der Waals surface area contributed by atoms with Gasteiger partial charge >= 0.3 is 5.97 Å². The van der Waals surface area contributed by atoms with Gasteiger partial charge in [-0.1, -0.05) is 51.5 Å². The summed E-state index contributed by atoms with van der Waals surface area (Å²) in [5, 5.41) is 15.0. The molecule has 6 rings (SSSR count). The van der Waals surface area contributed by atoms with E-state index in [1.165, 1.54) is 28.9 Å². The number of aromatic amines is 1. The van der Waals surface area contributed by atoms with Crippen LogP contribution < -0.4 is 4.74 Å². The van der Waals surface area contributed by atoms with Gasteiger partial charge in [0.15, 0.2) is 33.1 Å². The molecule has 0 radical (unpaired) electrons. The van der Waals surface area contributed by atoms with Crippen molar-refractivity contribution in [1.29, 1.82) is 0 Å². The molecule has 1 aliphatic heterocycles. The first kappa shape index (κ1) is 35.3. The second kappa shape index (κ2) is 13.3. The maximum absolute atomic E-state index is 15.7. The number of aliphatic carboxylic acids is 1. The van der Waals surface area contributed by atoms with E-state index in [0.29, 0.717) is 48.0 Å². The number of carboxylic acids is 1. The van der Waals surface area contributed by atoms with E-state index in [0.717, 1.165) is 11.1 Å². The van der Waals surface area contributed by atoms with Crippen molar-refractivity contribution in [2.45, 2.75) is 65.2 Å². The summed E-state index contributed by atoms with van der Waals surface area (Å²) < 4.78 is 66.1. The number of aryl methyl sites for hydroxylation is 2. The van der Waals surface area contributed by atoms with E-state index in [1.54, 1.807) is 26.2 Å². The first-order chi connectivity index (χ1) is 23.5. The van der Waals surface area contributed by atoms with E-state index < -0.39 is 44.2 Å². The lowest BCUT2D eigenvalue weighted by molar-refractivity contribution is -0.141. The zero-order valence-electron chi connectivity index (χ0n) is 28.9. The van der Waals surface area contributed by atoms with E-state index in [4.69, 9.17) is 14.8 Å². The number of halogens is 2. The van der Waals surface area contributed by atoms with Gasteiger partial charge in [-0.3, -0.25) is 4.79 Å². The number of sulfone groups is 1. The minimum Gasteiger partial charge on any atom is -0.481 e. The van der Waals surface area contributed by atoms with E-state index in [2.05, 4.69) is 4.98 Å². The summed E-state index contributed by atoms with van der Waals surface area (Å²) in [4.78, 5) is 19.5. The van der Waals surface area contributed by atoms with Crippen LogP contribution in [0.25, 0.3) is 22.3 Å². The SMILES string of the molecule is C[C@@H](Cc1cccc(C2(C)CCCC(C)(C)CS(=O)(=O)CCc3c(c(F)cc4[nH]ccc34)Oc3ccc(F)c(c3)-c3nc2nn3C)c1)C(=O)O. The second-order valence-corrected chi connectivity index (χ2v) is 16.8. The van der Waals surface area contributed by atoms with Crippen molar-refractivity contribution in [2.75, 3.05) is 11.5 Å². The summed E-state index contributed by atoms with van der Waals surface area (Å²) in [7, 11) is -1.92. The first-order valence-electron chi connectivity index (χ1n) is 16.8. The quantitative estimate of drug-likeness (QED) is 0.196. The third-order valence-electron chi connectivity index (χ3n) is 9.85. The molecule has 5 aromatic rings. The van der Waals surface area contributed by atoms with Crippen molar-refractivity contribution >= 4 is 26.7 Å². The number of benzene rings is 3. The van der Waals surface area contributed by atoms with Crippen molar-refractivity contribution in [3.8, 4) is 22.9 Å². The van der Waals surface area contributed by atoms with Crippen LogP contribution in [0.3, 0.4) is 0 Å². The zero-order chi connectivity index (χ0) is 36.0. The number of fused-ring (bicyclic) bond motifs is 8. The lowest BCUT2D eigenvalue weighted by Gasteiger charge is -2.31. The molecule has 50 heavy (non-hydrogen) atoms. The Bertz CT molecular complexity index is 2190. The minimum absolute atomic E-state index is 0.0233. The average Bonchev–Trinajstić information content (AvgIpc) is 3.67. The highest BCUT2D eigenvalue weighted by atomic mass is 32.2. The maximum atomic E-state index is 15.7. The number of nitrogens with zero attached hydrogens (tertiary/aromatic N) is 3. The van der Waals surface area contributed by atoms with Crippen molar-refractivity contribution in [2.24, 2.45) is 18.4 Å². The molecule has 0 saturated carbocycles. The molecular formula is C38H42F2N4O5S. The molecule has 0 saturated heterocycles. The Morgan fingerprint density at radius 2 is 1.86 bits per heavy atom. The highest BCUT2D eigenvalue weighted by Crippen LogP contribution is 2.41. The second-order valence-electron chi connectivity index (χ2n) is 14.6. The molecule has 0 fully saturated rings. The van der Waals surface area contributed by atoms with Crippen molar-refractivity contribution in [3.63, 3.8) is 0 Å². The summed E-state index contributed by atoms with van der Waals surface area (Å²) in [5.74, 6) is -2.28. The number of H-pyrrole nitrogens is 1. The summed E-state index contributed by atoms with van der Waals surface area (Å²) in [6.07, 6.45) is 3.76. The zero-order valence-corrected chi connectivity index (χ0v) is 29.7. The third-order valence-corrected chi connectivity index (χ3v) is 11.9. The maximum Gasteiger partial charge on any atom is 0.306 e. The van der Waals surface area contributed by atoms with Crippen LogP contribution in [-0.4, -0.2) is 50.7 Å². The molecule has 0 spiro atoms. The van der Waals surface area contributed by atoms with Crippen LogP contribution in [-0.2, 0) is 39.9 Å². The molecule has 1 aliphatic rings.